The number of thioether (sulfide) groups is 1. The Hall–Kier alpha value is -1.35. The van der Waals surface area contributed by atoms with Gasteiger partial charge in [-0.1, -0.05) is 36.8 Å². The molecule has 4 atom stereocenters. The van der Waals surface area contributed by atoms with Crippen LogP contribution < -0.4 is 0 Å². The lowest BCUT2D eigenvalue weighted by atomic mass is 9.55. The van der Waals surface area contributed by atoms with Crippen molar-refractivity contribution >= 4 is 23.3 Å². The first kappa shape index (κ1) is 15.2. The number of carbonyl (C=O) groups excluding carboxylic acids is 2. The standard InChI is InChI=1S/C20H22O2S/c1-19-11-9-16(21)18(23-3)15(19)5-4-12-13-6-7-17(22)20(13,2)10-8-14(12)19/h4-5,8-9,11-13H,6-7,10H2,1-3H3/t12-,13-,19+,20-/m0/s1. The molecule has 0 N–H and O–H groups in total. The van der Waals surface area contributed by atoms with Crippen molar-refractivity contribution in [1.29, 1.82) is 0 Å². The molecular formula is C20H22O2S. The fourth-order valence-electron chi connectivity index (χ4n) is 5.10. The lowest BCUT2D eigenvalue weighted by Crippen LogP contribution is -2.42. The summed E-state index contributed by atoms with van der Waals surface area (Å²) in [7, 11) is 0. The number of ketones is 2. The van der Waals surface area contributed by atoms with Gasteiger partial charge in [0.15, 0.2) is 5.78 Å². The summed E-state index contributed by atoms with van der Waals surface area (Å²) in [4.78, 5) is 25.4. The molecule has 4 rings (SSSR count). The number of carbonyl (C=O) groups is 2. The first-order valence-electron chi connectivity index (χ1n) is 8.36. The Labute approximate surface area is 141 Å². The highest BCUT2D eigenvalue weighted by molar-refractivity contribution is 8.03. The van der Waals surface area contributed by atoms with Gasteiger partial charge in [0.2, 0.25) is 0 Å². The zero-order valence-corrected chi connectivity index (χ0v) is 14.7. The third kappa shape index (κ3) is 1.83. The van der Waals surface area contributed by atoms with Crippen LogP contribution in [0.1, 0.15) is 33.1 Å². The molecule has 0 radical (unpaired) electrons. The van der Waals surface area contributed by atoms with Crippen LogP contribution in [0.5, 0.6) is 0 Å². The summed E-state index contributed by atoms with van der Waals surface area (Å²) in [5.41, 5.74) is 2.14. The smallest absolute Gasteiger partial charge is 0.192 e. The van der Waals surface area contributed by atoms with Gasteiger partial charge in [-0.3, -0.25) is 9.59 Å². The maximum Gasteiger partial charge on any atom is 0.192 e. The van der Waals surface area contributed by atoms with E-state index in [-0.39, 0.29) is 16.6 Å². The molecule has 0 aromatic heterocycles. The second kappa shape index (κ2) is 4.83. The minimum atomic E-state index is -0.196. The van der Waals surface area contributed by atoms with Crippen LogP contribution in [-0.4, -0.2) is 17.8 Å². The van der Waals surface area contributed by atoms with Crippen molar-refractivity contribution in [3.8, 4) is 0 Å². The van der Waals surface area contributed by atoms with Gasteiger partial charge < -0.3 is 0 Å². The molecule has 0 heterocycles. The Kier molecular flexibility index (Phi) is 3.19. The van der Waals surface area contributed by atoms with E-state index in [1.807, 2.05) is 6.26 Å². The molecule has 4 aliphatic rings. The van der Waals surface area contributed by atoms with E-state index in [4.69, 9.17) is 0 Å². The number of allylic oxidation sites excluding steroid dienone is 8. The lowest BCUT2D eigenvalue weighted by Gasteiger charge is -2.48. The van der Waals surface area contributed by atoms with Gasteiger partial charge in [0.05, 0.1) is 4.91 Å². The van der Waals surface area contributed by atoms with Crippen molar-refractivity contribution in [1.82, 2.24) is 0 Å². The molecule has 120 valence electrons. The van der Waals surface area contributed by atoms with Gasteiger partial charge in [-0.25, -0.2) is 0 Å². The molecular weight excluding hydrogens is 304 g/mol. The summed E-state index contributed by atoms with van der Waals surface area (Å²) in [6.07, 6.45) is 15.1. The molecule has 0 aromatic carbocycles. The van der Waals surface area contributed by atoms with E-state index in [0.717, 1.165) is 29.7 Å². The van der Waals surface area contributed by atoms with E-state index in [2.05, 4.69) is 38.2 Å². The van der Waals surface area contributed by atoms with Gasteiger partial charge in [-0.15, -0.1) is 11.8 Å². The zero-order chi connectivity index (χ0) is 16.4. The van der Waals surface area contributed by atoms with Crippen molar-refractivity contribution < 1.29 is 9.59 Å². The quantitative estimate of drug-likeness (QED) is 0.676. The monoisotopic (exact) mass is 326 g/mol. The van der Waals surface area contributed by atoms with E-state index >= 15 is 0 Å². The summed E-state index contributed by atoms with van der Waals surface area (Å²) in [6, 6.07) is 0. The predicted octanol–water partition coefficient (Wildman–Crippen LogP) is 4.25. The van der Waals surface area contributed by atoms with Crippen molar-refractivity contribution in [2.75, 3.05) is 6.26 Å². The van der Waals surface area contributed by atoms with E-state index in [1.165, 1.54) is 5.57 Å². The molecule has 0 aliphatic heterocycles. The van der Waals surface area contributed by atoms with Crippen LogP contribution in [0.15, 0.2) is 46.4 Å². The summed E-state index contributed by atoms with van der Waals surface area (Å²) < 4.78 is 0. The molecule has 0 spiro atoms. The summed E-state index contributed by atoms with van der Waals surface area (Å²) in [5, 5.41) is 0. The number of hydrogen-bond acceptors (Lipinski definition) is 3. The third-order valence-electron chi connectivity index (χ3n) is 6.55. The molecule has 3 heteroatoms. The van der Waals surface area contributed by atoms with Crippen LogP contribution in [0, 0.1) is 22.7 Å². The number of fused-ring (bicyclic) bond motifs is 5. The number of rotatable bonds is 1. The molecule has 1 fully saturated rings. The van der Waals surface area contributed by atoms with E-state index in [1.54, 1.807) is 17.8 Å². The summed E-state index contributed by atoms with van der Waals surface area (Å²) in [6.45, 7) is 4.37. The molecule has 0 amide bonds. The molecule has 23 heavy (non-hydrogen) atoms. The topological polar surface area (TPSA) is 34.1 Å². The normalized spacial score (nSPS) is 41.6. The molecule has 0 bridgehead atoms. The van der Waals surface area contributed by atoms with E-state index < -0.39 is 0 Å². The fraction of sp³-hybridized carbons (Fsp3) is 0.500. The van der Waals surface area contributed by atoms with Crippen molar-refractivity contribution in [3.63, 3.8) is 0 Å². The highest BCUT2D eigenvalue weighted by Gasteiger charge is 2.54. The minimum Gasteiger partial charge on any atom is -0.299 e. The van der Waals surface area contributed by atoms with Crippen LogP contribution >= 0.6 is 11.8 Å². The van der Waals surface area contributed by atoms with Crippen molar-refractivity contribution in [2.24, 2.45) is 22.7 Å². The Morgan fingerprint density at radius 3 is 2.74 bits per heavy atom. The Morgan fingerprint density at radius 2 is 2.00 bits per heavy atom. The number of Topliss-reactive ketones (excluding diaryl/α,β-unsaturated/α-hetero) is 1. The van der Waals surface area contributed by atoms with Gasteiger partial charge in [0.25, 0.3) is 0 Å². The van der Waals surface area contributed by atoms with Crippen LogP contribution in [0.4, 0.5) is 0 Å². The SMILES string of the molecule is CSC1=C2C=C[C@@H]3C(=CC[C@]4(C)C(=O)CC[C@@H]34)[C@@]2(C)C=CC1=O. The van der Waals surface area contributed by atoms with Gasteiger partial charge in [-0.05, 0) is 43.6 Å². The molecule has 0 unspecified atom stereocenters. The Balaban J connectivity index is 1.87. The van der Waals surface area contributed by atoms with Crippen molar-refractivity contribution in [3.05, 3.63) is 46.4 Å². The Morgan fingerprint density at radius 1 is 1.22 bits per heavy atom. The van der Waals surface area contributed by atoms with Crippen molar-refractivity contribution in [2.45, 2.75) is 33.1 Å². The second-order valence-electron chi connectivity index (χ2n) is 7.58. The van der Waals surface area contributed by atoms with Gasteiger partial charge >= 0.3 is 0 Å². The highest BCUT2D eigenvalue weighted by atomic mass is 32.2. The van der Waals surface area contributed by atoms with Crippen LogP contribution in [0.25, 0.3) is 0 Å². The summed E-state index contributed by atoms with van der Waals surface area (Å²) >= 11 is 1.54. The first-order valence-corrected chi connectivity index (χ1v) is 9.58. The summed E-state index contributed by atoms with van der Waals surface area (Å²) in [5.74, 6) is 1.28. The van der Waals surface area contributed by atoms with Gasteiger partial charge in [0.1, 0.15) is 5.78 Å². The fourth-order valence-corrected chi connectivity index (χ4v) is 5.87. The van der Waals surface area contributed by atoms with E-state index in [9.17, 15) is 9.59 Å². The Bertz CT molecular complexity index is 739. The zero-order valence-electron chi connectivity index (χ0n) is 13.9. The van der Waals surface area contributed by atoms with E-state index in [0.29, 0.717) is 17.6 Å². The average Bonchev–Trinajstić information content (AvgIpc) is 2.83. The number of hydrogen-bond donors (Lipinski definition) is 0. The minimum absolute atomic E-state index is 0.116. The third-order valence-corrected chi connectivity index (χ3v) is 7.38. The maximum atomic E-state index is 12.4. The predicted molar refractivity (Wildman–Crippen MR) is 94.0 cm³/mol. The highest BCUT2D eigenvalue weighted by Crippen LogP contribution is 2.60. The second-order valence-corrected chi connectivity index (χ2v) is 8.40. The van der Waals surface area contributed by atoms with Crippen LogP contribution in [-0.2, 0) is 9.59 Å². The molecule has 4 aliphatic carbocycles. The average molecular weight is 326 g/mol. The van der Waals surface area contributed by atoms with Crippen LogP contribution in [0.3, 0.4) is 0 Å². The van der Waals surface area contributed by atoms with Gasteiger partial charge in [0, 0.05) is 23.2 Å². The van der Waals surface area contributed by atoms with Gasteiger partial charge in [-0.2, -0.15) is 0 Å². The molecule has 0 aromatic rings. The maximum absolute atomic E-state index is 12.4. The lowest BCUT2D eigenvalue weighted by molar-refractivity contribution is -0.126. The molecule has 2 nitrogen and oxygen atoms in total. The molecule has 1 saturated carbocycles. The largest absolute Gasteiger partial charge is 0.299 e. The van der Waals surface area contributed by atoms with Crippen LogP contribution in [0.2, 0.25) is 0 Å². The molecule has 0 saturated heterocycles. The first-order chi connectivity index (χ1) is 10.9.